The van der Waals surface area contributed by atoms with Crippen molar-refractivity contribution >= 4 is 5.91 Å². The highest BCUT2D eigenvalue weighted by Crippen LogP contribution is 2.41. The number of nitrogens with zero attached hydrogens (tertiary/aromatic N) is 1. The predicted octanol–water partition coefficient (Wildman–Crippen LogP) is 3.48. The normalized spacial score (nSPS) is 25.7. The molecule has 2 aliphatic rings. The molecule has 21 heavy (non-hydrogen) atoms. The molecule has 114 valence electrons. The Morgan fingerprint density at radius 1 is 1.29 bits per heavy atom. The monoisotopic (exact) mass is 286 g/mol. The minimum Gasteiger partial charge on any atom is -0.321 e. The van der Waals surface area contributed by atoms with Crippen LogP contribution in [0.5, 0.6) is 0 Å². The van der Waals surface area contributed by atoms with Crippen LogP contribution in [-0.2, 0) is 4.79 Å². The van der Waals surface area contributed by atoms with Crippen molar-refractivity contribution in [2.24, 2.45) is 5.92 Å². The first-order chi connectivity index (χ1) is 10.2. The number of carbonyl (C=O) groups is 1. The molecular formula is C18H26N2O. The van der Waals surface area contributed by atoms with E-state index in [-0.39, 0.29) is 11.7 Å². The van der Waals surface area contributed by atoms with Crippen LogP contribution in [0.1, 0.15) is 57.7 Å². The topological polar surface area (TPSA) is 32.3 Å². The van der Waals surface area contributed by atoms with Gasteiger partial charge in [-0.15, -0.1) is 0 Å². The van der Waals surface area contributed by atoms with Crippen molar-refractivity contribution in [1.29, 1.82) is 0 Å². The van der Waals surface area contributed by atoms with Crippen LogP contribution >= 0.6 is 0 Å². The van der Waals surface area contributed by atoms with Gasteiger partial charge >= 0.3 is 0 Å². The summed E-state index contributed by atoms with van der Waals surface area (Å²) in [5.74, 6) is 0.868. The molecule has 1 saturated heterocycles. The van der Waals surface area contributed by atoms with E-state index in [0.717, 1.165) is 38.6 Å². The summed E-state index contributed by atoms with van der Waals surface area (Å²) in [5.41, 5.74) is 0.923. The Kier molecular flexibility index (Phi) is 4.03. The maximum Gasteiger partial charge on any atom is 0.244 e. The lowest BCUT2D eigenvalue weighted by molar-refractivity contribution is -0.133. The average molecular weight is 286 g/mol. The van der Waals surface area contributed by atoms with Crippen LogP contribution in [0, 0.1) is 5.92 Å². The number of nitrogens with one attached hydrogen (secondary N) is 1. The van der Waals surface area contributed by atoms with E-state index in [0.29, 0.717) is 11.8 Å². The van der Waals surface area contributed by atoms with Crippen molar-refractivity contribution in [2.45, 2.75) is 57.7 Å². The van der Waals surface area contributed by atoms with Crippen LogP contribution in [0.15, 0.2) is 30.3 Å². The molecule has 1 N–H and O–H groups in total. The van der Waals surface area contributed by atoms with E-state index in [9.17, 15) is 4.79 Å². The molecular weight excluding hydrogens is 260 g/mol. The summed E-state index contributed by atoms with van der Waals surface area (Å²) in [6.45, 7) is 5.28. The van der Waals surface area contributed by atoms with Crippen LogP contribution in [0.3, 0.4) is 0 Å². The van der Waals surface area contributed by atoms with Crippen molar-refractivity contribution in [1.82, 2.24) is 10.2 Å². The fourth-order valence-corrected chi connectivity index (χ4v) is 3.68. The minimum atomic E-state index is -0.284. The number of rotatable bonds is 4. The SMILES string of the molecule is CCC(C)CN1C(=O)C2(CCCC2)NC1c1ccccc1. The minimum absolute atomic E-state index is 0.0470. The molecule has 2 unspecified atom stereocenters. The molecule has 1 saturated carbocycles. The van der Waals surface area contributed by atoms with Gasteiger partial charge in [0.1, 0.15) is 6.17 Å². The van der Waals surface area contributed by atoms with Crippen molar-refractivity contribution in [2.75, 3.05) is 6.54 Å². The maximum atomic E-state index is 13.0. The second kappa shape index (κ2) is 5.80. The van der Waals surface area contributed by atoms with Crippen LogP contribution < -0.4 is 5.32 Å². The summed E-state index contributed by atoms with van der Waals surface area (Å²) >= 11 is 0. The average Bonchev–Trinajstić information content (AvgIpc) is 3.09. The van der Waals surface area contributed by atoms with Gasteiger partial charge in [-0.05, 0) is 24.3 Å². The van der Waals surface area contributed by atoms with Crippen LogP contribution in [0.2, 0.25) is 0 Å². The van der Waals surface area contributed by atoms with Crippen LogP contribution in [0.25, 0.3) is 0 Å². The third kappa shape index (κ3) is 2.59. The van der Waals surface area contributed by atoms with Crippen molar-refractivity contribution in [3.8, 4) is 0 Å². The lowest BCUT2D eigenvalue weighted by Crippen LogP contribution is -2.44. The van der Waals surface area contributed by atoms with E-state index in [1.807, 2.05) is 6.07 Å². The van der Waals surface area contributed by atoms with Gasteiger partial charge in [-0.25, -0.2) is 0 Å². The maximum absolute atomic E-state index is 13.0. The quantitative estimate of drug-likeness (QED) is 0.919. The zero-order valence-corrected chi connectivity index (χ0v) is 13.1. The molecule has 1 heterocycles. The molecule has 2 fully saturated rings. The van der Waals surface area contributed by atoms with Gasteiger partial charge in [0.25, 0.3) is 0 Å². The predicted molar refractivity (Wildman–Crippen MR) is 84.7 cm³/mol. The molecule has 1 amide bonds. The lowest BCUT2D eigenvalue weighted by Gasteiger charge is -2.27. The van der Waals surface area contributed by atoms with Gasteiger partial charge in [0.15, 0.2) is 0 Å². The van der Waals surface area contributed by atoms with Crippen LogP contribution in [0.4, 0.5) is 0 Å². The van der Waals surface area contributed by atoms with Gasteiger partial charge in [0.05, 0.1) is 5.54 Å². The Bertz CT molecular complexity index is 493. The van der Waals surface area contributed by atoms with E-state index in [1.54, 1.807) is 0 Å². The van der Waals surface area contributed by atoms with Gasteiger partial charge in [0.2, 0.25) is 5.91 Å². The number of hydrogen-bond donors (Lipinski definition) is 1. The summed E-state index contributed by atoms with van der Waals surface area (Å²) in [7, 11) is 0. The third-order valence-electron chi connectivity index (χ3n) is 5.17. The molecule has 1 aromatic carbocycles. The number of amides is 1. The highest BCUT2D eigenvalue weighted by Gasteiger charge is 2.52. The van der Waals surface area contributed by atoms with E-state index < -0.39 is 0 Å². The Hall–Kier alpha value is -1.35. The lowest BCUT2D eigenvalue weighted by atomic mass is 9.97. The Morgan fingerprint density at radius 3 is 2.57 bits per heavy atom. The summed E-state index contributed by atoms with van der Waals surface area (Å²) in [6.07, 6.45) is 5.47. The molecule has 3 rings (SSSR count). The molecule has 0 bridgehead atoms. The van der Waals surface area contributed by atoms with Crippen molar-refractivity contribution < 1.29 is 4.79 Å². The number of hydrogen-bond acceptors (Lipinski definition) is 2. The Morgan fingerprint density at radius 2 is 1.95 bits per heavy atom. The smallest absolute Gasteiger partial charge is 0.244 e. The summed E-state index contributed by atoms with van der Waals surface area (Å²) in [4.78, 5) is 15.1. The fraction of sp³-hybridized carbons (Fsp3) is 0.611. The highest BCUT2D eigenvalue weighted by molar-refractivity contribution is 5.89. The van der Waals surface area contributed by atoms with E-state index in [1.165, 1.54) is 5.56 Å². The van der Waals surface area contributed by atoms with Gasteiger partial charge in [-0.3, -0.25) is 10.1 Å². The van der Waals surface area contributed by atoms with E-state index in [2.05, 4.69) is 48.3 Å². The summed E-state index contributed by atoms with van der Waals surface area (Å²) in [5, 5.41) is 3.69. The number of carbonyl (C=O) groups excluding carboxylic acids is 1. The third-order valence-corrected chi connectivity index (χ3v) is 5.17. The summed E-state index contributed by atoms with van der Waals surface area (Å²) < 4.78 is 0. The fourth-order valence-electron chi connectivity index (χ4n) is 3.68. The zero-order chi connectivity index (χ0) is 14.9. The molecule has 1 spiro atoms. The molecule has 1 aliphatic heterocycles. The second-order valence-corrected chi connectivity index (χ2v) is 6.72. The molecule has 1 aliphatic carbocycles. The van der Waals surface area contributed by atoms with E-state index in [4.69, 9.17) is 0 Å². The summed E-state index contributed by atoms with van der Waals surface area (Å²) in [6, 6.07) is 10.4. The Balaban J connectivity index is 1.90. The standard InChI is InChI=1S/C18H26N2O/c1-3-14(2)13-20-16(15-9-5-4-6-10-15)19-18(17(20)21)11-7-8-12-18/h4-6,9-10,14,16,19H,3,7-8,11-13H2,1-2H3. The molecule has 2 atom stereocenters. The van der Waals surface area contributed by atoms with E-state index >= 15 is 0 Å². The van der Waals surface area contributed by atoms with Crippen molar-refractivity contribution in [3.05, 3.63) is 35.9 Å². The Labute approximate surface area is 127 Å². The highest BCUT2D eigenvalue weighted by atomic mass is 16.2. The van der Waals surface area contributed by atoms with Crippen molar-refractivity contribution in [3.63, 3.8) is 0 Å². The van der Waals surface area contributed by atoms with Gasteiger partial charge in [0, 0.05) is 6.54 Å². The molecule has 0 aromatic heterocycles. The molecule has 0 radical (unpaired) electrons. The molecule has 1 aromatic rings. The first-order valence-electron chi connectivity index (χ1n) is 8.30. The largest absolute Gasteiger partial charge is 0.321 e. The molecule has 3 nitrogen and oxygen atoms in total. The second-order valence-electron chi connectivity index (χ2n) is 6.72. The first kappa shape index (κ1) is 14.6. The molecule has 3 heteroatoms. The zero-order valence-electron chi connectivity index (χ0n) is 13.1. The number of benzene rings is 1. The first-order valence-corrected chi connectivity index (χ1v) is 8.30. The van der Waals surface area contributed by atoms with Gasteiger partial charge in [-0.2, -0.15) is 0 Å². The van der Waals surface area contributed by atoms with Crippen LogP contribution in [-0.4, -0.2) is 22.9 Å². The van der Waals surface area contributed by atoms with Gasteiger partial charge < -0.3 is 4.90 Å². The van der Waals surface area contributed by atoms with Gasteiger partial charge in [-0.1, -0.05) is 63.4 Å².